The van der Waals surface area contributed by atoms with E-state index in [-0.39, 0.29) is 24.0 Å². The molecule has 6 rings (SSSR count). The molecule has 1 aromatic rings. The minimum atomic E-state index is -1.57. The van der Waals surface area contributed by atoms with E-state index in [0.717, 1.165) is 36.0 Å². The standard InChI is InChI=1S/C24H24O6/c1-28-22(26)24(23(27)29-2)10-15-19-16-11-7-8-12(9-11)17(16)20(25)18(19)13-5-3-4-6-14(13)21(24)30-15/h3-6,11-12,15-17,21H,7-10H2,1-2H3/t11-,12+,15+,16+,17-,21+/m0/s1. The number of methoxy groups -OCH3 is 2. The molecule has 3 aliphatic carbocycles. The highest BCUT2D eigenvalue weighted by molar-refractivity contribution is 6.26. The summed E-state index contributed by atoms with van der Waals surface area (Å²) in [7, 11) is 2.57. The van der Waals surface area contributed by atoms with Crippen LogP contribution < -0.4 is 0 Å². The minimum absolute atomic E-state index is 0.0215. The zero-order valence-corrected chi connectivity index (χ0v) is 17.1. The summed E-state index contributed by atoms with van der Waals surface area (Å²) in [5, 5.41) is 0. The summed E-state index contributed by atoms with van der Waals surface area (Å²) in [5.74, 6) is 0.0451. The number of carbonyl (C=O) groups is 3. The average Bonchev–Trinajstić information content (AvgIpc) is 3.51. The van der Waals surface area contributed by atoms with Gasteiger partial charge in [-0.3, -0.25) is 14.4 Å². The molecule has 3 fully saturated rings. The van der Waals surface area contributed by atoms with Crippen LogP contribution in [0.5, 0.6) is 0 Å². The van der Waals surface area contributed by atoms with Gasteiger partial charge >= 0.3 is 11.9 Å². The van der Waals surface area contributed by atoms with E-state index >= 15 is 0 Å². The highest BCUT2D eigenvalue weighted by atomic mass is 16.6. The predicted octanol–water partition coefficient (Wildman–Crippen LogP) is 2.86. The number of hydrogen-bond acceptors (Lipinski definition) is 6. The first kappa shape index (κ1) is 18.3. The van der Waals surface area contributed by atoms with Crippen LogP contribution in [-0.2, 0) is 28.6 Å². The Morgan fingerprint density at radius 2 is 1.70 bits per heavy atom. The molecule has 6 atom stereocenters. The molecule has 2 aliphatic heterocycles. The van der Waals surface area contributed by atoms with Crippen molar-refractivity contribution in [3.8, 4) is 0 Å². The molecule has 2 saturated carbocycles. The molecule has 1 aromatic carbocycles. The Morgan fingerprint density at radius 3 is 2.40 bits per heavy atom. The van der Waals surface area contributed by atoms with E-state index < -0.39 is 29.6 Å². The molecule has 1 saturated heterocycles. The normalized spacial score (nSPS) is 36.8. The summed E-state index contributed by atoms with van der Waals surface area (Å²) < 4.78 is 16.7. The lowest BCUT2D eigenvalue weighted by Crippen LogP contribution is -2.44. The van der Waals surface area contributed by atoms with Crippen molar-refractivity contribution in [2.24, 2.45) is 29.1 Å². The van der Waals surface area contributed by atoms with Gasteiger partial charge in [0.05, 0.1) is 20.3 Å². The quantitative estimate of drug-likeness (QED) is 0.553. The Labute approximate surface area is 174 Å². The van der Waals surface area contributed by atoms with Crippen molar-refractivity contribution in [1.29, 1.82) is 0 Å². The molecule has 0 unspecified atom stereocenters. The molecular formula is C24H24O6. The van der Waals surface area contributed by atoms with Crippen LogP contribution in [-0.4, -0.2) is 38.0 Å². The lowest BCUT2D eigenvalue weighted by atomic mass is 9.71. The van der Waals surface area contributed by atoms with Gasteiger partial charge < -0.3 is 14.2 Å². The lowest BCUT2D eigenvalue weighted by Gasteiger charge is -2.30. The number of carbonyl (C=O) groups excluding carboxylic acids is 3. The number of fused-ring (bicyclic) bond motifs is 12. The first-order valence-electron chi connectivity index (χ1n) is 10.7. The summed E-state index contributed by atoms with van der Waals surface area (Å²) >= 11 is 0. The second-order valence-corrected chi connectivity index (χ2v) is 9.33. The van der Waals surface area contributed by atoms with E-state index in [4.69, 9.17) is 14.2 Å². The maximum atomic E-state index is 13.6. The molecular weight excluding hydrogens is 384 g/mol. The fourth-order valence-corrected chi connectivity index (χ4v) is 7.29. The topological polar surface area (TPSA) is 78.9 Å². The van der Waals surface area contributed by atoms with Gasteiger partial charge in [0.25, 0.3) is 0 Å². The van der Waals surface area contributed by atoms with E-state index in [1.54, 1.807) is 0 Å². The van der Waals surface area contributed by atoms with Gasteiger partial charge in [0.2, 0.25) is 0 Å². The first-order chi connectivity index (χ1) is 14.5. The molecule has 156 valence electrons. The number of Topliss-reactive ketones (excluding diaryl/α,β-unsaturated/α-hetero) is 1. The zero-order chi connectivity index (χ0) is 20.8. The Bertz CT molecular complexity index is 1010. The van der Waals surface area contributed by atoms with E-state index in [1.165, 1.54) is 14.2 Å². The van der Waals surface area contributed by atoms with Crippen LogP contribution in [0.25, 0.3) is 5.57 Å². The van der Waals surface area contributed by atoms with E-state index in [1.807, 2.05) is 24.3 Å². The van der Waals surface area contributed by atoms with Crippen LogP contribution in [0.4, 0.5) is 0 Å². The molecule has 4 bridgehead atoms. The van der Waals surface area contributed by atoms with Gasteiger partial charge in [0.1, 0.15) is 6.10 Å². The van der Waals surface area contributed by atoms with Gasteiger partial charge in [-0.15, -0.1) is 0 Å². The molecule has 5 aliphatic rings. The molecule has 0 aromatic heterocycles. The van der Waals surface area contributed by atoms with Crippen LogP contribution >= 0.6 is 0 Å². The monoisotopic (exact) mass is 408 g/mol. The van der Waals surface area contributed by atoms with Crippen molar-refractivity contribution >= 4 is 23.3 Å². The summed E-state index contributed by atoms with van der Waals surface area (Å²) in [4.78, 5) is 39.7. The molecule has 6 heteroatoms. The highest BCUT2D eigenvalue weighted by Crippen LogP contribution is 2.66. The van der Waals surface area contributed by atoms with E-state index in [9.17, 15) is 14.4 Å². The number of ketones is 1. The van der Waals surface area contributed by atoms with Crippen molar-refractivity contribution in [3.05, 3.63) is 41.0 Å². The van der Waals surface area contributed by atoms with Crippen LogP contribution in [0.2, 0.25) is 0 Å². The van der Waals surface area contributed by atoms with Crippen molar-refractivity contribution in [1.82, 2.24) is 0 Å². The molecule has 0 N–H and O–H groups in total. The zero-order valence-electron chi connectivity index (χ0n) is 17.1. The van der Waals surface area contributed by atoms with E-state index in [0.29, 0.717) is 17.4 Å². The van der Waals surface area contributed by atoms with Crippen molar-refractivity contribution in [2.45, 2.75) is 37.9 Å². The van der Waals surface area contributed by atoms with Crippen molar-refractivity contribution in [3.63, 3.8) is 0 Å². The van der Waals surface area contributed by atoms with Gasteiger partial charge in [-0.05, 0) is 53.7 Å². The molecule has 0 radical (unpaired) electrons. The van der Waals surface area contributed by atoms with Crippen LogP contribution in [0.3, 0.4) is 0 Å². The minimum Gasteiger partial charge on any atom is -0.468 e. The second-order valence-electron chi connectivity index (χ2n) is 9.33. The van der Waals surface area contributed by atoms with Crippen LogP contribution in [0.1, 0.15) is 42.9 Å². The Morgan fingerprint density at radius 1 is 1.03 bits per heavy atom. The van der Waals surface area contributed by atoms with Crippen molar-refractivity contribution < 1.29 is 28.6 Å². The third-order valence-corrected chi connectivity index (χ3v) is 8.33. The third-order valence-electron chi connectivity index (χ3n) is 8.33. The first-order valence-corrected chi connectivity index (χ1v) is 10.7. The fraction of sp³-hybridized carbons (Fsp3) is 0.542. The maximum absolute atomic E-state index is 13.6. The number of hydrogen-bond donors (Lipinski definition) is 0. The van der Waals surface area contributed by atoms with Gasteiger partial charge in [-0.25, -0.2) is 0 Å². The molecule has 0 spiro atoms. The highest BCUT2D eigenvalue weighted by Gasteiger charge is 2.67. The summed E-state index contributed by atoms with van der Waals surface area (Å²) in [6.07, 6.45) is 2.19. The smallest absolute Gasteiger partial charge is 0.326 e. The van der Waals surface area contributed by atoms with Gasteiger partial charge in [-0.2, -0.15) is 0 Å². The van der Waals surface area contributed by atoms with Gasteiger partial charge in [-0.1, -0.05) is 24.3 Å². The van der Waals surface area contributed by atoms with E-state index in [2.05, 4.69) is 0 Å². The maximum Gasteiger partial charge on any atom is 0.326 e. The number of esters is 2. The lowest BCUT2D eigenvalue weighted by molar-refractivity contribution is -0.173. The largest absolute Gasteiger partial charge is 0.468 e. The SMILES string of the molecule is COC(=O)C1(C(=O)OC)C[C@H]2O[C@@H]1c1ccccc1C1=C2[C@@H]2[C@H]3CC[C@H](C3)[C@@H]2C1=O. The van der Waals surface area contributed by atoms with Crippen molar-refractivity contribution in [2.75, 3.05) is 14.2 Å². The number of ether oxygens (including phenoxy) is 3. The number of benzene rings is 1. The molecule has 0 amide bonds. The summed E-state index contributed by atoms with van der Waals surface area (Å²) in [6.45, 7) is 0. The summed E-state index contributed by atoms with van der Waals surface area (Å²) in [6, 6.07) is 7.53. The summed E-state index contributed by atoms with van der Waals surface area (Å²) in [5.41, 5.74) is 1.73. The second kappa shape index (κ2) is 6.03. The Kier molecular flexibility index (Phi) is 3.68. The average molecular weight is 408 g/mol. The predicted molar refractivity (Wildman–Crippen MR) is 105 cm³/mol. The Hall–Kier alpha value is -2.47. The number of rotatable bonds is 2. The fourth-order valence-electron chi connectivity index (χ4n) is 7.29. The Balaban J connectivity index is 1.59. The molecule has 2 heterocycles. The molecule has 30 heavy (non-hydrogen) atoms. The van der Waals surface area contributed by atoms with Crippen LogP contribution in [0.15, 0.2) is 29.8 Å². The van der Waals surface area contributed by atoms with Gasteiger partial charge in [0, 0.05) is 17.9 Å². The van der Waals surface area contributed by atoms with Crippen LogP contribution in [0, 0.1) is 29.1 Å². The molecule has 6 nitrogen and oxygen atoms in total. The number of allylic oxidation sites excluding steroid dienone is 1. The third kappa shape index (κ3) is 1.96. The van der Waals surface area contributed by atoms with Gasteiger partial charge in [0.15, 0.2) is 11.2 Å².